The van der Waals surface area contributed by atoms with Crippen molar-refractivity contribution in [3.05, 3.63) is 40.7 Å². The van der Waals surface area contributed by atoms with Crippen molar-refractivity contribution in [2.45, 2.75) is 25.0 Å². The van der Waals surface area contributed by atoms with Crippen LogP contribution in [0.1, 0.15) is 12.8 Å². The number of carbonyl (C=O) groups is 1. The molecule has 0 saturated carbocycles. The summed E-state index contributed by atoms with van der Waals surface area (Å²) in [5.41, 5.74) is 0.864. The number of fused-ring (bicyclic) bond motifs is 1. The van der Waals surface area contributed by atoms with Gasteiger partial charge in [0.25, 0.3) is 5.56 Å². The Morgan fingerprint density at radius 3 is 2.64 bits per heavy atom. The standard InChI is InChI=1S/C24H30FN7O3S/c1-29(2)23(34)31-9-5-24(35,6-10-31)14-32-15-27-20-19(28-36-21(20)22(32)33)16-3-4-17(25)18(13-16)30-11-7-26-8-12-30/h3-4,13,15,26,35H,5-12,14H2,1-2H3. The van der Waals surface area contributed by atoms with Crippen LogP contribution < -0.4 is 15.8 Å². The lowest BCUT2D eigenvalue weighted by Gasteiger charge is -2.39. The normalized spacial score (nSPS) is 18.0. The number of hydrogen-bond acceptors (Lipinski definition) is 8. The van der Waals surface area contributed by atoms with Crippen LogP contribution in [-0.4, -0.2) is 93.8 Å². The highest BCUT2D eigenvalue weighted by Gasteiger charge is 2.35. The molecule has 2 amide bonds. The van der Waals surface area contributed by atoms with Crippen molar-refractivity contribution in [3.8, 4) is 11.3 Å². The Bertz CT molecular complexity index is 1330. The molecule has 5 rings (SSSR count). The van der Waals surface area contributed by atoms with Crippen molar-refractivity contribution in [3.63, 3.8) is 0 Å². The highest BCUT2D eigenvalue weighted by molar-refractivity contribution is 7.13. The lowest BCUT2D eigenvalue weighted by atomic mass is 9.91. The zero-order valence-corrected chi connectivity index (χ0v) is 21.2. The van der Waals surface area contributed by atoms with Crippen LogP contribution in [0.5, 0.6) is 0 Å². The Balaban J connectivity index is 1.38. The van der Waals surface area contributed by atoms with Gasteiger partial charge in [-0.1, -0.05) is 0 Å². The molecule has 4 heterocycles. The third-order valence-electron chi connectivity index (χ3n) is 6.94. The van der Waals surface area contributed by atoms with E-state index in [1.165, 1.54) is 21.9 Å². The molecule has 0 bridgehead atoms. The Hall–Kier alpha value is -3.09. The van der Waals surface area contributed by atoms with Crippen molar-refractivity contribution in [2.24, 2.45) is 0 Å². The van der Waals surface area contributed by atoms with Gasteiger partial charge in [-0.15, -0.1) is 0 Å². The van der Waals surface area contributed by atoms with Crippen LogP contribution in [0.2, 0.25) is 0 Å². The minimum atomic E-state index is -1.11. The molecule has 0 unspecified atom stereocenters. The summed E-state index contributed by atoms with van der Waals surface area (Å²) >= 11 is 1.06. The molecule has 192 valence electrons. The summed E-state index contributed by atoms with van der Waals surface area (Å²) in [6.07, 6.45) is 2.18. The first-order valence-electron chi connectivity index (χ1n) is 12.0. The SMILES string of the molecule is CN(C)C(=O)N1CCC(O)(Cn2cnc3c(-c4ccc(F)c(N5CCNCC5)c4)nsc3c2=O)CC1. The van der Waals surface area contributed by atoms with Crippen LogP contribution in [0, 0.1) is 5.82 Å². The fourth-order valence-corrected chi connectivity index (χ4v) is 5.64. The van der Waals surface area contributed by atoms with Crippen LogP contribution in [0.4, 0.5) is 14.9 Å². The van der Waals surface area contributed by atoms with E-state index in [-0.39, 0.29) is 24.0 Å². The maximum Gasteiger partial charge on any atom is 0.319 e. The zero-order chi connectivity index (χ0) is 25.4. The van der Waals surface area contributed by atoms with Gasteiger partial charge in [0.05, 0.1) is 24.2 Å². The van der Waals surface area contributed by atoms with Gasteiger partial charge in [0.1, 0.15) is 21.7 Å². The van der Waals surface area contributed by atoms with E-state index in [0.29, 0.717) is 66.2 Å². The minimum Gasteiger partial charge on any atom is -0.388 e. The molecule has 2 aromatic heterocycles. The smallest absolute Gasteiger partial charge is 0.319 e. The third-order valence-corrected chi connectivity index (χ3v) is 7.76. The number of nitrogens with one attached hydrogen (secondary N) is 1. The number of aromatic nitrogens is 3. The largest absolute Gasteiger partial charge is 0.388 e. The molecule has 0 spiro atoms. The van der Waals surface area contributed by atoms with Gasteiger partial charge < -0.3 is 25.1 Å². The second kappa shape index (κ2) is 9.75. The van der Waals surface area contributed by atoms with Crippen LogP contribution in [0.25, 0.3) is 21.5 Å². The Morgan fingerprint density at radius 1 is 1.22 bits per heavy atom. The zero-order valence-electron chi connectivity index (χ0n) is 20.4. The number of likely N-dealkylation sites (tertiary alicyclic amines) is 1. The number of hydrogen-bond donors (Lipinski definition) is 2. The number of aliphatic hydroxyl groups is 1. The Kier molecular flexibility index (Phi) is 6.66. The number of carbonyl (C=O) groups excluding carboxylic acids is 1. The van der Waals surface area contributed by atoms with E-state index in [2.05, 4.69) is 14.7 Å². The van der Waals surface area contributed by atoms with Crippen LogP contribution in [0.3, 0.4) is 0 Å². The van der Waals surface area contributed by atoms with Crippen LogP contribution >= 0.6 is 11.5 Å². The topological polar surface area (TPSA) is 107 Å². The first-order chi connectivity index (χ1) is 17.3. The number of benzene rings is 1. The number of piperazine rings is 1. The monoisotopic (exact) mass is 515 g/mol. The number of nitrogens with zero attached hydrogens (tertiary/aromatic N) is 6. The lowest BCUT2D eigenvalue weighted by molar-refractivity contribution is -0.0282. The molecule has 2 aliphatic heterocycles. The molecule has 3 aromatic rings. The van der Waals surface area contributed by atoms with Crippen molar-refractivity contribution in [1.82, 2.24) is 29.0 Å². The third kappa shape index (κ3) is 4.67. The fraction of sp³-hybridized carbons (Fsp3) is 0.500. The molecular weight excluding hydrogens is 485 g/mol. The summed E-state index contributed by atoms with van der Waals surface area (Å²) < 4.78 is 20.9. The molecule has 36 heavy (non-hydrogen) atoms. The number of urea groups is 1. The predicted octanol–water partition coefficient (Wildman–Crippen LogP) is 1.58. The lowest BCUT2D eigenvalue weighted by Crippen LogP contribution is -2.51. The predicted molar refractivity (Wildman–Crippen MR) is 137 cm³/mol. The van der Waals surface area contributed by atoms with E-state index in [4.69, 9.17) is 0 Å². The van der Waals surface area contributed by atoms with E-state index < -0.39 is 5.60 Å². The molecule has 12 heteroatoms. The highest BCUT2D eigenvalue weighted by atomic mass is 32.1. The second-order valence-electron chi connectivity index (χ2n) is 9.68. The highest BCUT2D eigenvalue weighted by Crippen LogP contribution is 2.32. The molecule has 0 radical (unpaired) electrons. The van der Waals surface area contributed by atoms with Gasteiger partial charge in [0.2, 0.25) is 0 Å². The van der Waals surface area contributed by atoms with Gasteiger partial charge in [0.15, 0.2) is 0 Å². The summed E-state index contributed by atoms with van der Waals surface area (Å²) in [5, 5.41) is 14.4. The van der Waals surface area contributed by atoms with E-state index in [1.54, 1.807) is 31.1 Å². The quantitative estimate of drug-likeness (QED) is 0.543. The van der Waals surface area contributed by atoms with Gasteiger partial charge in [-0.25, -0.2) is 14.2 Å². The number of rotatable bonds is 4. The van der Waals surface area contributed by atoms with Crippen molar-refractivity contribution < 1.29 is 14.3 Å². The van der Waals surface area contributed by atoms with Gasteiger partial charge in [-0.2, -0.15) is 4.37 Å². The fourth-order valence-electron chi connectivity index (χ4n) is 4.84. The summed E-state index contributed by atoms with van der Waals surface area (Å²) in [5.74, 6) is -0.290. The number of amides is 2. The summed E-state index contributed by atoms with van der Waals surface area (Å²) in [6.45, 7) is 3.94. The van der Waals surface area contributed by atoms with E-state index in [1.807, 2.05) is 4.90 Å². The van der Waals surface area contributed by atoms with E-state index in [9.17, 15) is 19.1 Å². The van der Waals surface area contributed by atoms with Gasteiger partial charge in [-0.05, 0) is 42.6 Å². The number of anilines is 1. The first kappa shape index (κ1) is 24.6. The average molecular weight is 516 g/mol. The average Bonchev–Trinajstić information content (AvgIpc) is 3.31. The van der Waals surface area contributed by atoms with Crippen LogP contribution in [0.15, 0.2) is 29.3 Å². The minimum absolute atomic E-state index is 0.0876. The second-order valence-corrected chi connectivity index (χ2v) is 10.5. The molecule has 1 aromatic carbocycles. The molecule has 10 nitrogen and oxygen atoms in total. The van der Waals surface area contributed by atoms with Crippen LogP contribution in [-0.2, 0) is 6.54 Å². The molecule has 2 N–H and O–H groups in total. The summed E-state index contributed by atoms with van der Waals surface area (Å²) in [4.78, 5) is 35.2. The Labute approximate surface area is 212 Å². The first-order valence-corrected chi connectivity index (χ1v) is 12.8. The molecule has 2 aliphatic rings. The molecular formula is C24H30FN7O3S. The van der Waals surface area contributed by atoms with E-state index >= 15 is 0 Å². The molecule has 0 atom stereocenters. The molecule has 2 saturated heterocycles. The Morgan fingerprint density at radius 2 is 1.94 bits per heavy atom. The number of piperidine rings is 1. The van der Waals surface area contributed by atoms with Gasteiger partial charge in [0, 0.05) is 58.9 Å². The molecule has 0 aliphatic carbocycles. The van der Waals surface area contributed by atoms with E-state index in [0.717, 1.165) is 24.6 Å². The number of halogens is 1. The summed E-state index contributed by atoms with van der Waals surface area (Å²) in [6, 6.07) is 4.78. The van der Waals surface area contributed by atoms with Crippen molar-refractivity contribution in [2.75, 3.05) is 58.3 Å². The van der Waals surface area contributed by atoms with Gasteiger partial charge >= 0.3 is 6.03 Å². The maximum absolute atomic E-state index is 14.6. The maximum atomic E-state index is 14.6. The molecule has 2 fully saturated rings. The van der Waals surface area contributed by atoms with Crippen molar-refractivity contribution in [1.29, 1.82) is 0 Å². The van der Waals surface area contributed by atoms with Gasteiger partial charge in [-0.3, -0.25) is 9.36 Å². The summed E-state index contributed by atoms with van der Waals surface area (Å²) in [7, 11) is 3.40. The van der Waals surface area contributed by atoms with Crippen molar-refractivity contribution >= 4 is 33.5 Å².